The first-order chi connectivity index (χ1) is 23.0. The quantitative estimate of drug-likeness (QED) is 0.293. The van der Waals surface area contributed by atoms with Gasteiger partial charge in [-0.1, -0.05) is 68.3 Å². The molecular weight excluding hydrogens is 683 g/mol. The average molecular weight is 732 g/mol. The molecule has 3 heterocycles. The van der Waals surface area contributed by atoms with Gasteiger partial charge in [-0.05, 0) is 63.9 Å². The molecule has 1 unspecified atom stereocenters. The summed E-state index contributed by atoms with van der Waals surface area (Å²) in [5.41, 5.74) is -0.764. The first-order valence-electron chi connectivity index (χ1n) is 16.9. The van der Waals surface area contributed by atoms with E-state index in [2.05, 4.69) is 24.8 Å². The number of amidine groups is 1. The molecule has 13 heteroatoms. The van der Waals surface area contributed by atoms with Crippen LogP contribution in [0.1, 0.15) is 71.3 Å². The van der Waals surface area contributed by atoms with Crippen LogP contribution < -0.4 is 4.74 Å². The number of carbonyl (C=O) groups is 1. The van der Waals surface area contributed by atoms with Crippen LogP contribution >= 0.6 is 23.2 Å². The molecule has 0 radical (unpaired) electrons. The van der Waals surface area contributed by atoms with E-state index in [9.17, 15) is 8.42 Å². The van der Waals surface area contributed by atoms with Crippen molar-refractivity contribution in [2.45, 2.75) is 70.9 Å². The summed E-state index contributed by atoms with van der Waals surface area (Å²) in [6.07, 6.45) is 10.2. The van der Waals surface area contributed by atoms with Crippen molar-refractivity contribution in [1.82, 2.24) is 24.7 Å². The van der Waals surface area contributed by atoms with Gasteiger partial charge in [-0.15, -0.1) is 0 Å². The Kier molecular flexibility index (Phi) is 10.9. The van der Waals surface area contributed by atoms with Crippen LogP contribution in [0.4, 0.5) is 4.79 Å². The fourth-order valence-electron chi connectivity index (χ4n) is 6.91. The SMILES string of the molecule is CCOc1nc(C(C)(C)C)ncc1C1=N[C@@](C)(C2C=CC(Cl)=CC2)[C@@](C)(c2ccc(Cl)cc2)N1C(=O)N1CCN(CCCS(C)(=O)=O)CC1. The Hall–Kier alpha value is -2.99. The minimum Gasteiger partial charge on any atom is -0.477 e. The maximum atomic E-state index is 15.1. The number of nitrogens with zero attached hydrogens (tertiary/aromatic N) is 6. The predicted octanol–water partition coefficient (Wildman–Crippen LogP) is 6.43. The number of allylic oxidation sites excluding steroid dienone is 3. The number of aliphatic imine (C=N–C) groups is 1. The van der Waals surface area contributed by atoms with Crippen LogP contribution in [0, 0.1) is 5.92 Å². The molecule has 266 valence electrons. The van der Waals surface area contributed by atoms with Gasteiger partial charge in [0.05, 0.1) is 29.0 Å². The van der Waals surface area contributed by atoms with Gasteiger partial charge in [0.2, 0.25) is 5.88 Å². The lowest BCUT2D eigenvalue weighted by molar-refractivity contribution is 0.0754. The molecule has 1 aliphatic carbocycles. The summed E-state index contributed by atoms with van der Waals surface area (Å²) in [5.74, 6) is 1.48. The number of hydrogen-bond donors (Lipinski definition) is 0. The number of ether oxygens (including phenoxy) is 1. The number of piperazine rings is 1. The Morgan fingerprint density at radius 2 is 1.76 bits per heavy atom. The van der Waals surface area contributed by atoms with E-state index in [1.807, 2.05) is 73.9 Å². The second kappa shape index (κ2) is 14.3. The van der Waals surface area contributed by atoms with Gasteiger partial charge in [-0.3, -0.25) is 14.8 Å². The summed E-state index contributed by atoms with van der Waals surface area (Å²) < 4.78 is 29.5. The van der Waals surface area contributed by atoms with E-state index < -0.39 is 20.9 Å². The van der Waals surface area contributed by atoms with Crippen molar-refractivity contribution >= 4 is 44.9 Å². The molecule has 49 heavy (non-hydrogen) atoms. The number of sulfone groups is 1. The molecule has 1 saturated heterocycles. The normalized spacial score (nSPS) is 25.0. The summed E-state index contributed by atoms with van der Waals surface area (Å²) in [4.78, 5) is 36.2. The molecule has 1 aromatic heterocycles. The number of carbonyl (C=O) groups excluding carboxylic acids is 1. The molecule has 10 nitrogen and oxygen atoms in total. The Bertz CT molecular complexity index is 1750. The van der Waals surface area contributed by atoms with Crippen LogP contribution in [-0.2, 0) is 20.8 Å². The van der Waals surface area contributed by atoms with Gasteiger partial charge in [0.1, 0.15) is 21.5 Å². The lowest BCUT2D eigenvalue weighted by Crippen LogP contribution is -2.62. The summed E-state index contributed by atoms with van der Waals surface area (Å²) in [5, 5.41) is 1.26. The Balaban J connectivity index is 1.63. The first kappa shape index (κ1) is 37.3. The van der Waals surface area contributed by atoms with E-state index in [0.717, 1.165) is 5.56 Å². The number of hydrogen-bond acceptors (Lipinski definition) is 8. The van der Waals surface area contributed by atoms with Crippen molar-refractivity contribution < 1.29 is 17.9 Å². The van der Waals surface area contributed by atoms with E-state index in [1.165, 1.54) is 6.26 Å². The van der Waals surface area contributed by atoms with E-state index >= 15 is 4.79 Å². The number of amides is 2. The van der Waals surface area contributed by atoms with Gasteiger partial charge in [0.25, 0.3) is 0 Å². The van der Waals surface area contributed by atoms with E-state index in [0.29, 0.717) is 85.3 Å². The van der Waals surface area contributed by atoms with Crippen LogP contribution in [0.15, 0.2) is 58.7 Å². The molecule has 0 saturated carbocycles. The van der Waals surface area contributed by atoms with Gasteiger partial charge >= 0.3 is 6.03 Å². The van der Waals surface area contributed by atoms with E-state index in [-0.39, 0.29) is 23.1 Å². The van der Waals surface area contributed by atoms with Gasteiger partial charge < -0.3 is 9.64 Å². The average Bonchev–Trinajstić information content (AvgIpc) is 3.28. The van der Waals surface area contributed by atoms with Gasteiger partial charge in [-0.2, -0.15) is 4.98 Å². The predicted molar refractivity (Wildman–Crippen MR) is 196 cm³/mol. The maximum Gasteiger partial charge on any atom is 0.326 e. The van der Waals surface area contributed by atoms with Crippen molar-refractivity contribution in [2.24, 2.45) is 10.9 Å². The largest absolute Gasteiger partial charge is 0.477 e. The van der Waals surface area contributed by atoms with E-state index in [4.69, 9.17) is 42.9 Å². The molecule has 2 aliphatic heterocycles. The Morgan fingerprint density at radius 3 is 2.33 bits per heavy atom. The Morgan fingerprint density at radius 1 is 1.08 bits per heavy atom. The molecule has 5 rings (SSSR count). The van der Waals surface area contributed by atoms with Crippen LogP contribution in [0.25, 0.3) is 0 Å². The molecular formula is C36H48Cl2N6O4S. The molecule has 0 spiro atoms. The van der Waals surface area contributed by atoms with Gasteiger partial charge in [0.15, 0.2) is 0 Å². The summed E-state index contributed by atoms with van der Waals surface area (Å²) in [6, 6.07) is 7.44. The minimum atomic E-state index is -3.03. The zero-order valence-electron chi connectivity index (χ0n) is 29.5. The molecule has 0 bridgehead atoms. The molecule has 1 fully saturated rings. The summed E-state index contributed by atoms with van der Waals surface area (Å²) >= 11 is 12.8. The van der Waals surface area contributed by atoms with Crippen molar-refractivity contribution in [3.8, 4) is 5.88 Å². The van der Waals surface area contributed by atoms with Gasteiger partial charge in [-0.25, -0.2) is 18.2 Å². The topological polar surface area (TPSA) is 108 Å². The van der Waals surface area contributed by atoms with Crippen molar-refractivity contribution in [3.63, 3.8) is 0 Å². The molecule has 3 atom stereocenters. The zero-order chi connectivity index (χ0) is 35.8. The number of urea groups is 1. The fourth-order valence-corrected chi connectivity index (χ4v) is 7.85. The highest BCUT2D eigenvalue weighted by molar-refractivity contribution is 7.90. The van der Waals surface area contributed by atoms with Crippen LogP contribution in [-0.4, -0.2) is 102 Å². The van der Waals surface area contributed by atoms with Crippen molar-refractivity contribution in [1.29, 1.82) is 0 Å². The lowest BCUT2D eigenvalue weighted by Gasteiger charge is -2.49. The standard InChI is InChI=1S/C36H48Cl2N6O4S/c1-8-48-31-29(24-39-32(40-31)34(2,3)4)30-41-35(5,25-10-14-27(37)15-11-25)36(6,26-12-16-28(38)17-13-26)44(30)33(45)43-21-19-42(20-22-43)18-9-23-49(7,46)47/h10,12-17,24-25H,8-9,11,18-23H2,1-7H3/t25?,35-,36+/m0/s1. The lowest BCUT2D eigenvalue weighted by atomic mass is 9.66. The third-order valence-corrected chi connectivity index (χ3v) is 11.5. The first-order valence-corrected chi connectivity index (χ1v) is 19.7. The molecule has 0 N–H and O–H groups in total. The highest BCUT2D eigenvalue weighted by Crippen LogP contribution is 2.53. The van der Waals surface area contributed by atoms with Gasteiger partial charge in [0, 0.05) is 60.0 Å². The van der Waals surface area contributed by atoms with Crippen LogP contribution in [0.2, 0.25) is 5.02 Å². The van der Waals surface area contributed by atoms with E-state index in [1.54, 1.807) is 6.20 Å². The fraction of sp³-hybridized carbons (Fsp3) is 0.556. The smallest absolute Gasteiger partial charge is 0.326 e. The van der Waals surface area contributed by atoms with Crippen molar-refractivity contribution in [3.05, 3.63) is 75.7 Å². The maximum absolute atomic E-state index is 15.1. The summed E-state index contributed by atoms with van der Waals surface area (Å²) in [7, 11) is -3.03. The monoisotopic (exact) mass is 730 g/mol. The van der Waals surface area contributed by atoms with Crippen LogP contribution in [0.3, 0.4) is 0 Å². The zero-order valence-corrected chi connectivity index (χ0v) is 31.9. The second-order valence-corrected chi connectivity index (χ2v) is 17.6. The number of aromatic nitrogens is 2. The number of halogens is 2. The Labute approximate surface area is 301 Å². The third kappa shape index (κ3) is 7.70. The highest BCUT2D eigenvalue weighted by Gasteiger charge is 2.62. The number of benzene rings is 1. The molecule has 1 aromatic carbocycles. The van der Waals surface area contributed by atoms with Crippen molar-refractivity contribution in [2.75, 3.05) is 51.3 Å². The third-order valence-electron chi connectivity index (χ3n) is 9.94. The van der Waals surface area contributed by atoms with Crippen LogP contribution in [0.5, 0.6) is 5.88 Å². The highest BCUT2D eigenvalue weighted by atomic mass is 35.5. The number of rotatable bonds is 9. The molecule has 3 aliphatic rings. The molecule has 2 amide bonds. The summed E-state index contributed by atoms with van der Waals surface area (Å²) in [6.45, 7) is 15.5. The second-order valence-electron chi connectivity index (χ2n) is 14.5. The molecule has 2 aromatic rings. The minimum absolute atomic E-state index is 0.111.